The number of benzene rings is 3. The van der Waals surface area contributed by atoms with Crippen LogP contribution in [0.1, 0.15) is 51.7 Å². The molecule has 0 spiro atoms. The van der Waals surface area contributed by atoms with Gasteiger partial charge in [-0.25, -0.2) is 0 Å². The monoisotopic (exact) mass is 561 g/mol. The summed E-state index contributed by atoms with van der Waals surface area (Å²) in [5.74, 6) is -1.69. The highest BCUT2D eigenvalue weighted by molar-refractivity contribution is 6.04. The van der Waals surface area contributed by atoms with E-state index >= 15 is 0 Å². The third-order valence-electron chi connectivity index (χ3n) is 7.46. The van der Waals surface area contributed by atoms with Crippen LogP contribution in [0.4, 0.5) is 0 Å². The van der Waals surface area contributed by atoms with Crippen molar-refractivity contribution >= 4 is 50.5 Å². The molecule has 5 rings (SSSR count). The predicted octanol–water partition coefficient (Wildman–Crippen LogP) is 4.80. The van der Waals surface area contributed by atoms with Crippen molar-refractivity contribution in [3.05, 3.63) is 58.3 Å². The minimum Gasteiger partial charge on any atom is -0.496 e. The number of nitrogens with zero attached hydrogens (tertiary/aromatic N) is 1. The molecule has 0 aliphatic carbocycles. The van der Waals surface area contributed by atoms with Crippen molar-refractivity contribution in [2.24, 2.45) is 7.05 Å². The Hall–Kier alpha value is -4.60. The Morgan fingerprint density at radius 1 is 1.05 bits per heavy atom. The molecule has 4 aromatic rings. The van der Waals surface area contributed by atoms with E-state index in [9.17, 15) is 19.2 Å². The van der Waals surface area contributed by atoms with Gasteiger partial charge in [-0.2, -0.15) is 0 Å². The lowest BCUT2D eigenvalue weighted by atomic mass is 9.86. The molecule has 0 bridgehead atoms. The lowest BCUT2D eigenvalue weighted by molar-refractivity contribution is -0.189. The number of carbonyl (C=O) groups excluding carboxylic acids is 2. The average molecular weight is 562 g/mol. The fourth-order valence-electron chi connectivity index (χ4n) is 5.61. The Kier molecular flexibility index (Phi) is 7.10. The summed E-state index contributed by atoms with van der Waals surface area (Å²) in [5.41, 5.74) is -0.00766. The van der Waals surface area contributed by atoms with Crippen LogP contribution >= 0.6 is 0 Å². The molecule has 0 amide bonds. The summed E-state index contributed by atoms with van der Waals surface area (Å²) in [6, 6.07) is 13.1. The quantitative estimate of drug-likeness (QED) is 0.250. The van der Waals surface area contributed by atoms with E-state index in [0.717, 1.165) is 10.8 Å². The minimum absolute atomic E-state index is 0.0889. The largest absolute Gasteiger partial charge is 0.496 e. The first-order valence-corrected chi connectivity index (χ1v) is 13.3. The van der Waals surface area contributed by atoms with Crippen LogP contribution in [0.5, 0.6) is 11.5 Å². The maximum Gasteiger partial charge on any atom is 0.306 e. The number of aryl methyl sites for hydroxylation is 1. The number of methoxy groups -OCH3 is 1. The van der Waals surface area contributed by atoms with Gasteiger partial charge in [0.05, 0.1) is 29.1 Å². The maximum atomic E-state index is 14.1. The molecule has 10 heteroatoms. The molecule has 0 saturated heterocycles. The van der Waals surface area contributed by atoms with Crippen LogP contribution in [0.3, 0.4) is 0 Å². The molecule has 1 aliphatic heterocycles. The molecular weight excluding hydrogens is 530 g/mol. The molecule has 3 aromatic carbocycles. The molecule has 0 radical (unpaired) electrons. The first-order valence-electron chi connectivity index (χ1n) is 13.3. The van der Waals surface area contributed by atoms with E-state index in [1.54, 1.807) is 27.0 Å². The van der Waals surface area contributed by atoms with Crippen LogP contribution in [-0.4, -0.2) is 46.4 Å². The highest BCUT2D eigenvalue weighted by atomic mass is 16.6. The zero-order valence-corrected chi connectivity index (χ0v) is 23.5. The number of carboxylic acid groups (broad SMARTS) is 1. The third-order valence-corrected chi connectivity index (χ3v) is 7.46. The number of rotatable bonds is 7. The number of hydrogen-bond donors (Lipinski definition) is 1. The van der Waals surface area contributed by atoms with Gasteiger partial charge in [0.25, 0.3) is 0 Å². The van der Waals surface area contributed by atoms with Gasteiger partial charge in [0.15, 0.2) is 12.2 Å². The second-order valence-corrected chi connectivity index (χ2v) is 10.7. The Labute approximate surface area is 235 Å². The van der Waals surface area contributed by atoms with Gasteiger partial charge >= 0.3 is 17.9 Å². The third kappa shape index (κ3) is 4.94. The number of esters is 2. The molecule has 1 aromatic heterocycles. The fraction of sp³-hybridized carbons (Fsp3) is 0.355. The number of aromatic nitrogens is 1. The fourth-order valence-corrected chi connectivity index (χ4v) is 5.61. The first-order chi connectivity index (χ1) is 19.4. The Bertz CT molecular complexity index is 1790. The van der Waals surface area contributed by atoms with Gasteiger partial charge in [-0.15, -0.1) is 0 Å². The van der Waals surface area contributed by atoms with Crippen molar-refractivity contribution in [1.29, 1.82) is 0 Å². The number of pyridine rings is 1. The van der Waals surface area contributed by atoms with Crippen LogP contribution in [0.25, 0.3) is 32.6 Å². The summed E-state index contributed by atoms with van der Waals surface area (Å²) in [4.78, 5) is 50.2. The van der Waals surface area contributed by atoms with Gasteiger partial charge in [0, 0.05) is 38.3 Å². The molecule has 2 atom stereocenters. The molecule has 0 saturated carbocycles. The van der Waals surface area contributed by atoms with E-state index in [-0.39, 0.29) is 35.8 Å². The molecule has 1 N–H and O–H groups in total. The standard InChI is InChI=1S/C31H31NO9/c1-16(33)39-29-26-22(41-31(2,3)30(29)40-24(36)12-8-11-23(34)35)15-21(38-5)25-27(26)32(4)20-14-18-10-7-6-9-17(18)13-19(20)28(25)37/h6-7,9-10,13-15,29-30H,8,11-12H2,1-5H3,(H,34,35)/t29-,30-/m1/s1. The van der Waals surface area contributed by atoms with E-state index < -0.39 is 35.7 Å². The van der Waals surface area contributed by atoms with Crippen molar-refractivity contribution in [2.75, 3.05) is 7.11 Å². The molecular formula is C31H31NO9. The van der Waals surface area contributed by atoms with Crippen molar-refractivity contribution in [3.8, 4) is 11.5 Å². The molecule has 2 heterocycles. The average Bonchev–Trinajstić information content (AvgIpc) is 2.91. The highest BCUT2D eigenvalue weighted by Gasteiger charge is 2.50. The number of aliphatic carboxylic acids is 1. The van der Waals surface area contributed by atoms with Gasteiger partial charge in [-0.1, -0.05) is 24.3 Å². The summed E-state index contributed by atoms with van der Waals surface area (Å²) in [6.45, 7) is 4.65. The van der Waals surface area contributed by atoms with Crippen LogP contribution in [0, 0.1) is 0 Å². The highest BCUT2D eigenvalue weighted by Crippen LogP contribution is 2.49. The van der Waals surface area contributed by atoms with E-state index in [1.807, 2.05) is 41.0 Å². The SMILES string of the molecule is COc1cc2c(c3c1c(=O)c1cc4ccccc4cc1n3C)[C@@H](OC(C)=O)[C@@H](OC(=O)CCCC(=O)O)C(C)(C)O2. The number of carbonyl (C=O) groups is 3. The van der Waals surface area contributed by atoms with E-state index in [2.05, 4.69) is 0 Å². The molecule has 214 valence electrons. The Morgan fingerprint density at radius 3 is 2.37 bits per heavy atom. The molecule has 0 unspecified atom stereocenters. The molecule has 0 fully saturated rings. The first kappa shape index (κ1) is 27.9. The zero-order chi connectivity index (χ0) is 29.6. The van der Waals surface area contributed by atoms with Crippen molar-refractivity contribution in [3.63, 3.8) is 0 Å². The van der Waals surface area contributed by atoms with Crippen molar-refractivity contribution < 1.29 is 38.4 Å². The van der Waals surface area contributed by atoms with Gasteiger partial charge < -0.3 is 28.6 Å². The smallest absolute Gasteiger partial charge is 0.306 e. The van der Waals surface area contributed by atoms with Gasteiger partial charge in [0.2, 0.25) is 5.43 Å². The summed E-state index contributed by atoms with van der Waals surface area (Å²) >= 11 is 0. The summed E-state index contributed by atoms with van der Waals surface area (Å²) in [5, 5.41) is 11.5. The van der Waals surface area contributed by atoms with Gasteiger partial charge in [-0.05, 0) is 43.2 Å². The number of carboxylic acids is 1. The van der Waals surface area contributed by atoms with E-state index in [0.29, 0.717) is 27.7 Å². The molecule has 10 nitrogen and oxygen atoms in total. The van der Waals surface area contributed by atoms with Crippen molar-refractivity contribution in [1.82, 2.24) is 4.57 Å². The lowest BCUT2D eigenvalue weighted by Crippen LogP contribution is -2.52. The summed E-state index contributed by atoms with van der Waals surface area (Å²) in [7, 11) is 3.26. The maximum absolute atomic E-state index is 14.1. The van der Waals surface area contributed by atoms with Crippen molar-refractivity contribution in [2.45, 2.75) is 57.8 Å². The van der Waals surface area contributed by atoms with E-state index in [4.69, 9.17) is 24.1 Å². The lowest BCUT2D eigenvalue weighted by Gasteiger charge is -2.43. The van der Waals surface area contributed by atoms with Gasteiger partial charge in [0.1, 0.15) is 17.1 Å². The summed E-state index contributed by atoms with van der Waals surface area (Å²) in [6.07, 6.45) is -2.48. The zero-order valence-electron chi connectivity index (χ0n) is 23.5. The predicted molar refractivity (Wildman–Crippen MR) is 151 cm³/mol. The second kappa shape index (κ2) is 10.4. The van der Waals surface area contributed by atoms with E-state index in [1.165, 1.54) is 14.0 Å². The summed E-state index contributed by atoms with van der Waals surface area (Å²) < 4.78 is 25.5. The molecule has 41 heavy (non-hydrogen) atoms. The topological polar surface area (TPSA) is 130 Å². The Morgan fingerprint density at radius 2 is 1.73 bits per heavy atom. The Balaban J connectivity index is 1.78. The minimum atomic E-state index is -1.17. The van der Waals surface area contributed by atoms with Crippen LogP contribution in [0.15, 0.2) is 47.3 Å². The number of fused-ring (bicyclic) bond motifs is 5. The van der Waals surface area contributed by atoms with Crippen LogP contribution in [0.2, 0.25) is 0 Å². The molecule has 1 aliphatic rings. The normalized spacial score (nSPS) is 17.6. The van der Waals surface area contributed by atoms with Gasteiger partial charge in [-0.3, -0.25) is 19.2 Å². The second-order valence-electron chi connectivity index (χ2n) is 10.7. The van der Waals surface area contributed by atoms with Crippen LogP contribution < -0.4 is 14.9 Å². The number of ether oxygens (including phenoxy) is 4. The number of hydrogen-bond acceptors (Lipinski definition) is 8. The van der Waals surface area contributed by atoms with Crippen LogP contribution in [-0.2, 0) is 30.9 Å².